The first-order valence-corrected chi connectivity index (χ1v) is 7.60. The molecule has 1 aromatic carbocycles. The molecule has 1 aromatic rings. The maximum Gasteiger partial charge on any atom is 0.0207 e. The molecule has 1 rings (SSSR count). The zero-order chi connectivity index (χ0) is 13.1. The largest absolute Gasteiger partial charge is 0.310 e. The first kappa shape index (κ1) is 15.2. The van der Waals surface area contributed by atoms with Crippen LogP contribution in [0.3, 0.4) is 0 Å². The van der Waals surface area contributed by atoms with Crippen LogP contribution >= 0.6 is 0 Å². The molecule has 0 saturated heterocycles. The van der Waals surface area contributed by atoms with Gasteiger partial charge < -0.3 is 5.32 Å². The number of unbranched alkanes of at least 4 members (excludes halogenated alkanes) is 5. The highest BCUT2D eigenvalue weighted by Crippen LogP contribution is 2.09. The standard InChI is InChI=1S/C17H29N/c1-3-4-5-6-7-9-12-16(2)18-15-17-13-10-8-11-14-17/h8,10-11,13-14,16,18H,3-7,9,12,15H2,1-2H3. The average Bonchev–Trinajstić information content (AvgIpc) is 2.41. The molecule has 1 heteroatoms. The highest BCUT2D eigenvalue weighted by molar-refractivity contribution is 5.14. The first-order valence-electron chi connectivity index (χ1n) is 7.60. The van der Waals surface area contributed by atoms with E-state index >= 15 is 0 Å². The molecular weight excluding hydrogens is 218 g/mol. The van der Waals surface area contributed by atoms with E-state index in [2.05, 4.69) is 49.5 Å². The van der Waals surface area contributed by atoms with Gasteiger partial charge in [0.25, 0.3) is 0 Å². The Morgan fingerprint density at radius 1 is 0.944 bits per heavy atom. The summed E-state index contributed by atoms with van der Waals surface area (Å²) in [6.45, 7) is 5.57. The summed E-state index contributed by atoms with van der Waals surface area (Å²) >= 11 is 0. The van der Waals surface area contributed by atoms with Gasteiger partial charge in [0.15, 0.2) is 0 Å². The van der Waals surface area contributed by atoms with Gasteiger partial charge in [0, 0.05) is 12.6 Å². The Kier molecular flexibility index (Phi) is 8.58. The van der Waals surface area contributed by atoms with Crippen molar-refractivity contribution in [2.75, 3.05) is 0 Å². The molecule has 0 aromatic heterocycles. The molecule has 102 valence electrons. The number of nitrogens with one attached hydrogen (secondary N) is 1. The summed E-state index contributed by atoms with van der Waals surface area (Å²) in [4.78, 5) is 0. The summed E-state index contributed by atoms with van der Waals surface area (Å²) in [5.41, 5.74) is 1.38. The van der Waals surface area contributed by atoms with E-state index in [4.69, 9.17) is 0 Å². The minimum absolute atomic E-state index is 0.636. The number of rotatable bonds is 10. The van der Waals surface area contributed by atoms with Crippen molar-refractivity contribution in [2.24, 2.45) is 0 Å². The number of benzene rings is 1. The van der Waals surface area contributed by atoms with E-state index in [1.54, 1.807) is 0 Å². The Labute approximate surface area is 113 Å². The molecule has 0 amide bonds. The predicted molar refractivity (Wildman–Crippen MR) is 80.7 cm³/mol. The van der Waals surface area contributed by atoms with Gasteiger partial charge in [-0.3, -0.25) is 0 Å². The van der Waals surface area contributed by atoms with E-state index in [0.717, 1.165) is 6.54 Å². The third-order valence-electron chi connectivity index (χ3n) is 3.49. The summed E-state index contributed by atoms with van der Waals surface area (Å²) in [7, 11) is 0. The SMILES string of the molecule is CCCCCCCCC(C)NCc1ccccc1. The molecular formula is C17H29N. The first-order chi connectivity index (χ1) is 8.83. The maximum absolute atomic E-state index is 3.60. The maximum atomic E-state index is 3.60. The van der Waals surface area contributed by atoms with Gasteiger partial charge in [0.05, 0.1) is 0 Å². The molecule has 0 spiro atoms. The summed E-state index contributed by atoms with van der Waals surface area (Å²) in [5.74, 6) is 0. The average molecular weight is 247 g/mol. The van der Waals surface area contributed by atoms with Crippen molar-refractivity contribution in [2.45, 2.75) is 71.4 Å². The van der Waals surface area contributed by atoms with Crippen molar-refractivity contribution in [1.82, 2.24) is 5.32 Å². The summed E-state index contributed by atoms with van der Waals surface area (Å²) in [6.07, 6.45) is 9.65. The van der Waals surface area contributed by atoms with Gasteiger partial charge in [-0.15, -0.1) is 0 Å². The van der Waals surface area contributed by atoms with Crippen LogP contribution in [0.15, 0.2) is 30.3 Å². The summed E-state index contributed by atoms with van der Waals surface area (Å²) < 4.78 is 0. The zero-order valence-corrected chi connectivity index (χ0v) is 12.1. The summed E-state index contributed by atoms with van der Waals surface area (Å²) in [6, 6.07) is 11.3. The Morgan fingerprint density at radius 3 is 2.33 bits per heavy atom. The fourth-order valence-corrected chi connectivity index (χ4v) is 2.22. The number of hydrogen-bond donors (Lipinski definition) is 1. The molecule has 1 N–H and O–H groups in total. The molecule has 0 aliphatic heterocycles. The van der Waals surface area contributed by atoms with E-state index in [-0.39, 0.29) is 0 Å². The van der Waals surface area contributed by atoms with Crippen LogP contribution < -0.4 is 5.32 Å². The number of hydrogen-bond acceptors (Lipinski definition) is 1. The molecule has 1 unspecified atom stereocenters. The van der Waals surface area contributed by atoms with Crippen molar-refractivity contribution in [1.29, 1.82) is 0 Å². The molecule has 1 nitrogen and oxygen atoms in total. The topological polar surface area (TPSA) is 12.0 Å². The Morgan fingerprint density at radius 2 is 1.61 bits per heavy atom. The Bertz CT molecular complexity index is 281. The fourth-order valence-electron chi connectivity index (χ4n) is 2.22. The molecule has 0 bridgehead atoms. The second-order valence-corrected chi connectivity index (χ2v) is 5.32. The zero-order valence-electron chi connectivity index (χ0n) is 12.1. The van der Waals surface area contributed by atoms with E-state index in [9.17, 15) is 0 Å². The third-order valence-corrected chi connectivity index (χ3v) is 3.49. The van der Waals surface area contributed by atoms with Crippen LogP contribution in [0.4, 0.5) is 0 Å². The second kappa shape index (κ2) is 10.1. The van der Waals surface area contributed by atoms with E-state index in [1.807, 2.05) is 0 Å². The molecule has 1 atom stereocenters. The van der Waals surface area contributed by atoms with Crippen molar-refractivity contribution in [3.05, 3.63) is 35.9 Å². The monoisotopic (exact) mass is 247 g/mol. The van der Waals surface area contributed by atoms with Gasteiger partial charge in [0.2, 0.25) is 0 Å². The highest BCUT2D eigenvalue weighted by Gasteiger charge is 2.01. The van der Waals surface area contributed by atoms with Crippen molar-refractivity contribution in [3.63, 3.8) is 0 Å². The lowest BCUT2D eigenvalue weighted by Gasteiger charge is -2.13. The minimum Gasteiger partial charge on any atom is -0.310 e. The van der Waals surface area contributed by atoms with Crippen LogP contribution in [-0.2, 0) is 6.54 Å². The van der Waals surface area contributed by atoms with E-state index in [0.29, 0.717) is 6.04 Å². The van der Waals surface area contributed by atoms with Gasteiger partial charge in [-0.25, -0.2) is 0 Å². The molecule has 0 aliphatic carbocycles. The van der Waals surface area contributed by atoms with Gasteiger partial charge in [-0.2, -0.15) is 0 Å². The molecule has 18 heavy (non-hydrogen) atoms. The van der Waals surface area contributed by atoms with Gasteiger partial charge in [-0.1, -0.05) is 75.8 Å². The Hall–Kier alpha value is -0.820. The van der Waals surface area contributed by atoms with E-state index in [1.165, 1.54) is 50.5 Å². The van der Waals surface area contributed by atoms with Crippen molar-refractivity contribution < 1.29 is 0 Å². The van der Waals surface area contributed by atoms with Crippen molar-refractivity contribution in [3.8, 4) is 0 Å². The van der Waals surface area contributed by atoms with Crippen LogP contribution in [0.2, 0.25) is 0 Å². The van der Waals surface area contributed by atoms with Crippen LogP contribution in [-0.4, -0.2) is 6.04 Å². The second-order valence-electron chi connectivity index (χ2n) is 5.32. The van der Waals surface area contributed by atoms with E-state index < -0.39 is 0 Å². The molecule has 0 saturated carbocycles. The smallest absolute Gasteiger partial charge is 0.0207 e. The van der Waals surface area contributed by atoms with Gasteiger partial charge in [0.1, 0.15) is 0 Å². The van der Waals surface area contributed by atoms with Gasteiger partial charge in [-0.05, 0) is 18.9 Å². The highest BCUT2D eigenvalue weighted by atomic mass is 14.9. The predicted octanol–water partition coefficient (Wildman–Crippen LogP) is 4.92. The lowest BCUT2D eigenvalue weighted by Crippen LogP contribution is -2.25. The van der Waals surface area contributed by atoms with Crippen LogP contribution in [0.1, 0.15) is 64.4 Å². The third kappa shape index (κ3) is 7.50. The minimum atomic E-state index is 0.636. The van der Waals surface area contributed by atoms with Crippen LogP contribution in [0, 0.1) is 0 Å². The van der Waals surface area contributed by atoms with Gasteiger partial charge >= 0.3 is 0 Å². The molecule has 0 fully saturated rings. The normalized spacial score (nSPS) is 12.6. The van der Waals surface area contributed by atoms with Crippen LogP contribution in [0.25, 0.3) is 0 Å². The molecule has 0 heterocycles. The lowest BCUT2D eigenvalue weighted by molar-refractivity contribution is 0.478. The quantitative estimate of drug-likeness (QED) is 0.579. The molecule has 0 aliphatic rings. The van der Waals surface area contributed by atoms with Crippen molar-refractivity contribution >= 4 is 0 Å². The molecule has 0 radical (unpaired) electrons. The lowest BCUT2D eigenvalue weighted by atomic mass is 10.1. The summed E-state index contributed by atoms with van der Waals surface area (Å²) in [5, 5.41) is 3.60. The Balaban J connectivity index is 1.99. The fraction of sp³-hybridized carbons (Fsp3) is 0.647. The van der Waals surface area contributed by atoms with Crippen LogP contribution in [0.5, 0.6) is 0 Å².